The molecule has 1 aromatic rings. The van der Waals surface area contributed by atoms with Crippen LogP contribution in [-0.2, 0) is 6.42 Å². The number of H-pyrrole nitrogens is 1. The molecule has 5 heteroatoms. The molecule has 0 amide bonds. The zero-order valence-corrected chi connectivity index (χ0v) is 9.57. The van der Waals surface area contributed by atoms with Gasteiger partial charge in [-0.3, -0.25) is 4.79 Å². The Kier molecular flexibility index (Phi) is 3.24. The summed E-state index contributed by atoms with van der Waals surface area (Å²) in [6.45, 7) is 1.14. The van der Waals surface area contributed by atoms with Crippen LogP contribution in [-0.4, -0.2) is 34.7 Å². The summed E-state index contributed by atoms with van der Waals surface area (Å²) in [6, 6.07) is 2.20. The van der Waals surface area contributed by atoms with Gasteiger partial charge in [0.25, 0.3) is 5.56 Å². The summed E-state index contributed by atoms with van der Waals surface area (Å²) >= 11 is 0. The van der Waals surface area contributed by atoms with Crippen LogP contribution in [0, 0.1) is 0 Å². The number of hydrogen-bond donors (Lipinski definition) is 2. The molecule has 0 radical (unpaired) electrons. The van der Waals surface area contributed by atoms with E-state index in [1.54, 1.807) is 6.07 Å². The van der Waals surface area contributed by atoms with Gasteiger partial charge in [0.2, 0.25) is 0 Å². The molecule has 1 saturated heterocycles. The molecule has 0 spiro atoms. The number of aromatic amines is 1. The molecule has 1 unspecified atom stereocenters. The second kappa shape index (κ2) is 4.65. The summed E-state index contributed by atoms with van der Waals surface area (Å²) < 4.78 is 0. The van der Waals surface area contributed by atoms with E-state index >= 15 is 0 Å². The first-order valence-corrected chi connectivity index (χ1v) is 5.71. The Hall–Kier alpha value is -1.36. The van der Waals surface area contributed by atoms with E-state index in [1.165, 1.54) is 19.3 Å². The van der Waals surface area contributed by atoms with Gasteiger partial charge in [0.15, 0.2) is 0 Å². The molecule has 0 saturated carbocycles. The van der Waals surface area contributed by atoms with Crippen LogP contribution < -0.4 is 11.3 Å². The van der Waals surface area contributed by atoms with Crippen molar-refractivity contribution in [2.75, 3.05) is 19.3 Å². The number of nitrogens with one attached hydrogen (secondary N) is 1. The van der Waals surface area contributed by atoms with Crippen molar-refractivity contribution in [3.63, 3.8) is 0 Å². The van der Waals surface area contributed by atoms with Gasteiger partial charge in [-0.1, -0.05) is 6.42 Å². The molecule has 2 rings (SSSR count). The Labute approximate surface area is 94.6 Å². The van der Waals surface area contributed by atoms with Crippen LogP contribution in [0.25, 0.3) is 0 Å². The highest BCUT2D eigenvalue weighted by molar-refractivity contribution is 5.34. The number of piperidine rings is 1. The van der Waals surface area contributed by atoms with Crippen molar-refractivity contribution in [2.24, 2.45) is 0 Å². The van der Waals surface area contributed by atoms with E-state index in [0.717, 1.165) is 18.7 Å². The van der Waals surface area contributed by atoms with Gasteiger partial charge in [0, 0.05) is 12.5 Å². The number of likely N-dealkylation sites (tertiary alicyclic amines) is 1. The standard InChI is InChI=1S/C11H18N4O/c1-15-5-3-2-4-9(15)6-8-7-10(12)11(16)14-13-8/h7,9H,2-6H2,1H3,(H2,12,13)(H,14,16). The van der Waals surface area contributed by atoms with Crippen LogP contribution in [0.5, 0.6) is 0 Å². The molecule has 88 valence electrons. The van der Waals surface area contributed by atoms with Crippen LogP contribution in [0.4, 0.5) is 5.69 Å². The number of rotatable bonds is 2. The van der Waals surface area contributed by atoms with Crippen LogP contribution in [0.3, 0.4) is 0 Å². The van der Waals surface area contributed by atoms with Crippen molar-refractivity contribution in [1.29, 1.82) is 0 Å². The fourth-order valence-electron chi connectivity index (χ4n) is 2.21. The highest BCUT2D eigenvalue weighted by Crippen LogP contribution is 2.18. The van der Waals surface area contributed by atoms with Gasteiger partial charge in [0.05, 0.1) is 5.69 Å². The molecule has 5 nitrogen and oxygen atoms in total. The molecule has 2 heterocycles. The molecule has 0 aliphatic carbocycles. The first-order valence-electron chi connectivity index (χ1n) is 5.71. The summed E-state index contributed by atoms with van der Waals surface area (Å²) in [5, 5.41) is 6.45. The predicted octanol–water partition coefficient (Wildman–Crippen LogP) is 0.379. The third-order valence-corrected chi connectivity index (χ3v) is 3.25. The maximum Gasteiger partial charge on any atom is 0.287 e. The minimum absolute atomic E-state index is 0.253. The Morgan fingerprint density at radius 3 is 3.12 bits per heavy atom. The molecule has 16 heavy (non-hydrogen) atoms. The summed E-state index contributed by atoms with van der Waals surface area (Å²) in [4.78, 5) is 13.4. The Morgan fingerprint density at radius 1 is 1.62 bits per heavy atom. The fraction of sp³-hybridized carbons (Fsp3) is 0.636. The van der Waals surface area contributed by atoms with E-state index in [9.17, 15) is 4.79 Å². The van der Waals surface area contributed by atoms with Crippen molar-refractivity contribution < 1.29 is 0 Å². The quantitative estimate of drug-likeness (QED) is 0.758. The second-order valence-corrected chi connectivity index (χ2v) is 4.48. The fourth-order valence-corrected chi connectivity index (χ4v) is 2.21. The molecule has 1 aliphatic rings. The number of likely N-dealkylation sites (N-methyl/N-ethyl adjacent to an activating group) is 1. The van der Waals surface area contributed by atoms with E-state index in [0.29, 0.717) is 6.04 Å². The Balaban J connectivity index is 2.07. The monoisotopic (exact) mass is 222 g/mol. The van der Waals surface area contributed by atoms with Gasteiger partial charge in [0.1, 0.15) is 5.69 Å². The predicted molar refractivity (Wildman–Crippen MR) is 63.2 cm³/mol. The lowest BCUT2D eigenvalue weighted by Gasteiger charge is -2.32. The van der Waals surface area contributed by atoms with Crippen molar-refractivity contribution >= 4 is 5.69 Å². The van der Waals surface area contributed by atoms with E-state index in [2.05, 4.69) is 22.1 Å². The normalized spacial score (nSPS) is 22.2. The summed E-state index contributed by atoms with van der Waals surface area (Å²) in [5.74, 6) is 0. The van der Waals surface area contributed by atoms with E-state index < -0.39 is 0 Å². The smallest absolute Gasteiger partial charge is 0.287 e. The number of nitrogens with zero attached hydrogens (tertiary/aromatic N) is 2. The summed E-state index contributed by atoms with van der Waals surface area (Å²) in [6.07, 6.45) is 4.59. The molecule has 0 aromatic carbocycles. The molecule has 1 aliphatic heterocycles. The third kappa shape index (κ3) is 2.41. The molecule has 3 N–H and O–H groups in total. The first-order chi connectivity index (χ1) is 7.66. The van der Waals surface area contributed by atoms with Crippen molar-refractivity contribution in [3.05, 3.63) is 22.1 Å². The van der Waals surface area contributed by atoms with Crippen LogP contribution in [0.2, 0.25) is 0 Å². The molecular formula is C11H18N4O. The second-order valence-electron chi connectivity index (χ2n) is 4.48. The van der Waals surface area contributed by atoms with Gasteiger partial charge in [-0.25, -0.2) is 5.10 Å². The van der Waals surface area contributed by atoms with Gasteiger partial charge in [-0.2, -0.15) is 5.10 Å². The SMILES string of the molecule is CN1CCCCC1Cc1cc(N)c(=O)[nH]n1. The summed E-state index contributed by atoms with van der Waals surface area (Å²) in [5.41, 5.74) is 6.38. The largest absolute Gasteiger partial charge is 0.394 e. The molecule has 1 fully saturated rings. The summed E-state index contributed by atoms with van der Waals surface area (Å²) in [7, 11) is 2.14. The number of nitrogen functional groups attached to an aromatic ring is 1. The number of aromatic nitrogens is 2. The van der Waals surface area contributed by atoms with E-state index in [1.807, 2.05) is 0 Å². The number of nitrogens with two attached hydrogens (primary N) is 1. The van der Waals surface area contributed by atoms with Crippen molar-refractivity contribution in [3.8, 4) is 0 Å². The lowest BCUT2D eigenvalue weighted by atomic mass is 9.98. The van der Waals surface area contributed by atoms with Crippen LogP contribution in [0.1, 0.15) is 25.0 Å². The highest BCUT2D eigenvalue weighted by Gasteiger charge is 2.19. The number of hydrogen-bond acceptors (Lipinski definition) is 4. The molecular weight excluding hydrogens is 204 g/mol. The van der Waals surface area contributed by atoms with Gasteiger partial charge in [-0.15, -0.1) is 0 Å². The zero-order valence-electron chi connectivity index (χ0n) is 9.57. The average Bonchev–Trinajstić information content (AvgIpc) is 2.27. The Morgan fingerprint density at radius 2 is 2.44 bits per heavy atom. The topological polar surface area (TPSA) is 75.0 Å². The van der Waals surface area contributed by atoms with Crippen molar-refractivity contribution in [2.45, 2.75) is 31.7 Å². The van der Waals surface area contributed by atoms with Gasteiger partial charge in [-0.05, 0) is 32.5 Å². The maximum atomic E-state index is 11.1. The average molecular weight is 222 g/mol. The molecule has 1 atom stereocenters. The highest BCUT2D eigenvalue weighted by atomic mass is 16.1. The molecule has 1 aromatic heterocycles. The van der Waals surface area contributed by atoms with Crippen molar-refractivity contribution in [1.82, 2.24) is 15.1 Å². The number of anilines is 1. The van der Waals surface area contributed by atoms with Crippen LogP contribution >= 0.6 is 0 Å². The van der Waals surface area contributed by atoms with Gasteiger partial charge >= 0.3 is 0 Å². The van der Waals surface area contributed by atoms with Gasteiger partial charge < -0.3 is 10.6 Å². The molecule has 0 bridgehead atoms. The Bertz CT molecular complexity index is 415. The van der Waals surface area contributed by atoms with Crippen LogP contribution in [0.15, 0.2) is 10.9 Å². The minimum Gasteiger partial charge on any atom is -0.394 e. The minimum atomic E-state index is -0.305. The zero-order chi connectivity index (χ0) is 11.5. The van der Waals surface area contributed by atoms with E-state index in [4.69, 9.17) is 5.73 Å². The lowest BCUT2D eigenvalue weighted by molar-refractivity contribution is 0.183. The third-order valence-electron chi connectivity index (χ3n) is 3.25. The maximum absolute atomic E-state index is 11.1. The van der Waals surface area contributed by atoms with E-state index in [-0.39, 0.29) is 11.2 Å². The first kappa shape index (κ1) is 11.1. The lowest BCUT2D eigenvalue weighted by Crippen LogP contribution is -2.38.